The van der Waals surface area contributed by atoms with E-state index >= 15 is 0 Å². The van der Waals surface area contributed by atoms with E-state index in [1.807, 2.05) is 6.26 Å². The van der Waals surface area contributed by atoms with Gasteiger partial charge in [0.25, 0.3) is 0 Å². The molecule has 0 spiro atoms. The molecule has 1 aromatic heterocycles. The van der Waals surface area contributed by atoms with Crippen LogP contribution < -0.4 is 5.73 Å². The fourth-order valence-electron chi connectivity index (χ4n) is 0.953. The number of thioether (sulfide) groups is 1. The summed E-state index contributed by atoms with van der Waals surface area (Å²) in [6, 6.07) is 3.15. The second kappa shape index (κ2) is 4.65. The van der Waals surface area contributed by atoms with Gasteiger partial charge in [-0.05, 0) is 18.4 Å². The molecule has 14 heavy (non-hydrogen) atoms. The standard InChI is InChI=1S/C8H12N2O2S2/c1-13-5-6-14(11,12)8-7(9)3-2-4-10-8/h2-4H,5-6,9H2,1H3. The van der Waals surface area contributed by atoms with Crippen LogP contribution in [-0.4, -0.2) is 31.2 Å². The van der Waals surface area contributed by atoms with Crippen LogP contribution in [0.15, 0.2) is 23.4 Å². The van der Waals surface area contributed by atoms with E-state index in [4.69, 9.17) is 5.73 Å². The normalized spacial score (nSPS) is 11.5. The van der Waals surface area contributed by atoms with Crippen LogP contribution >= 0.6 is 11.8 Å². The summed E-state index contributed by atoms with van der Waals surface area (Å²) in [5.41, 5.74) is 5.75. The zero-order valence-electron chi connectivity index (χ0n) is 7.80. The Kier molecular flexibility index (Phi) is 3.77. The number of nitrogens with two attached hydrogens (primary N) is 1. The molecule has 1 aromatic rings. The number of anilines is 1. The lowest BCUT2D eigenvalue weighted by Crippen LogP contribution is -2.12. The van der Waals surface area contributed by atoms with Gasteiger partial charge in [0.15, 0.2) is 14.9 Å². The first kappa shape index (κ1) is 11.3. The summed E-state index contributed by atoms with van der Waals surface area (Å²) in [5, 5.41) is -0.00551. The van der Waals surface area contributed by atoms with Crippen LogP contribution in [0.2, 0.25) is 0 Å². The van der Waals surface area contributed by atoms with E-state index in [1.54, 1.807) is 12.1 Å². The molecule has 0 amide bonds. The SMILES string of the molecule is CSCCS(=O)(=O)c1ncccc1N. The maximum atomic E-state index is 11.7. The summed E-state index contributed by atoms with van der Waals surface area (Å²) in [5.74, 6) is 0.633. The summed E-state index contributed by atoms with van der Waals surface area (Å²) in [6.45, 7) is 0. The second-order valence-electron chi connectivity index (χ2n) is 2.71. The molecule has 0 saturated carbocycles. The number of rotatable bonds is 4. The van der Waals surface area contributed by atoms with Gasteiger partial charge in [-0.2, -0.15) is 11.8 Å². The van der Waals surface area contributed by atoms with E-state index in [2.05, 4.69) is 4.98 Å². The van der Waals surface area contributed by atoms with Crippen molar-refractivity contribution in [2.24, 2.45) is 0 Å². The van der Waals surface area contributed by atoms with Gasteiger partial charge in [0.1, 0.15) is 0 Å². The fraction of sp³-hybridized carbons (Fsp3) is 0.375. The molecular weight excluding hydrogens is 220 g/mol. The maximum Gasteiger partial charge on any atom is 0.198 e. The Bertz CT molecular complexity index is 404. The van der Waals surface area contributed by atoms with Gasteiger partial charge >= 0.3 is 0 Å². The zero-order valence-corrected chi connectivity index (χ0v) is 9.44. The molecule has 0 radical (unpaired) electrons. The highest BCUT2D eigenvalue weighted by atomic mass is 32.2. The molecule has 0 aromatic carbocycles. The minimum atomic E-state index is -3.31. The largest absolute Gasteiger partial charge is 0.396 e. The second-order valence-corrected chi connectivity index (χ2v) is 5.72. The number of hydrogen-bond acceptors (Lipinski definition) is 5. The van der Waals surface area contributed by atoms with Gasteiger partial charge in [-0.1, -0.05) is 0 Å². The molecule has 6 heteroatoms. The average Bonchev–Trinajstić information content (AvgIpc) is 2.15. The molecule has 0 aliphatic rings. The highest BCUT2D eigenvalue weighted by molar-refractivity contribution is 8.00. The molecule has 78 valence electrons. The van der Waals surface area contributed by atoms with Crippen LogP contribution in [0, 0.1) is 0 Å². The summed E-state index contributed by atoms with van der Waals surface area (Å²) in [7, 11) is -3.31. The lowest BCUT2D eigenvalue weighted by atomic mass is 10.4. The Balaban J connectivity index is 2.99. The average molecular weight is 232 g/mol. The van der Waals surface area contributed by atoms with Crippen molar-refractivity contribution < 1.29 is 8.42 Å². The van der Waals surface area contributed by atoms with Crippen LogP contribution in [0.1, 0.15) is 0 Å². The summed E-state index contributed by atoms with van der Waals surface area (Å²) < 4.78 is 23.3. The molecule has 0 saturated heterocycles. The Morgan fingerprint density at radius 2 is 2.29 bits per heavy atom. The van der Waals surface area contributed by atoms with Crippen molar-refractivity contribution in [2.75, 3.05) is 23.5 Å². The van der Waals surface area contributed by atoms with Gasteiger partial charge in [0, 0.05) is 11.9 Å². The molecule has 0 aliphatic heterocycles. The molecule has 0 atom stereocenters. The Labute approximate surface area is 87.8 Å². The predicted molar refractivity (Wildman–Crippen MR) is 59.1 cm³/mol. The van der Waals surface area contributed by atoms with Crippen molar-refractivity contribution in [2.45, 2.75) is 5.03 Å². The number of aromatic nitrogens is 1. The third kappa shape index (κ3) is 2.62. The molecule has 0 unspecified atom stereocenters. The Morgan fingerprint density at radius 1 is 1.57 bits per heavy atom. The van der Waals surface area contributed by atoms with Crippen LogP contribution in [0.25, 0.3) is 0 Å². The van der Waals surface area contributed by atoms with Gasteiger partial charge in [0.05, 0.1) is 11.4 Å². The number of hydrogen-bond donors (Lipinski definition) is 1. The molecule has 4 nitrogen and oxygen atoms in total. The molecule has 1 heterocycles. The van der Waals surface area contributed by atoms with Crippen molar-refractivity contribution in [1.29, 1.82) is 0 Å². The topological polar surface area (TPSA) is 73.0 Å². The van der Waals surface area contributed by atoms with Crippen molar-refractivity contribution in [3.05, 3.63) is 18.3 Å². The first-order chi connectivity index (χ1) is 6.58. The molecule has 1 rings (SSSR count). The molecule has 0 aliphatic carbocycles. The smallest absolute Gasteiger partial charge is 0.198 e. The summed E-state index contributed by atoms with van der Waals surface area (Å²) >= 11 is 1.48. The molecular formula is C8H12N2O2S2. The lowest BCUT2D eigenvalue weighted by molar-refractivity contribution is 0.594. The van der Waals surface area contributed by atoms with E-state index in [-0.39, 0.29) is 16.5 Å². The maximum absolute atomic E-state index is 11.7. The van der Waals surface area contributed by atoms with Crippen LogP contribution in [0.3, 0.4) is 0 Å². The number of nitrogen functional groups attached to an aromatic ring is 1. The first-order valence-corrected chi connectivity index (χ1v) is 7.04. The van der Waals surface area contributed by atoms with Gasteiger partial charge < -0.3 is 5.73 Å². The van der Waals surface area contributed by atoms with E-state index < -0.39 is 9.84 Å². The van der Waals surface area contributed by atoms with Gasteiger partial charge in [-0.15, -0.1) is 0 Å². The zero-order chi connectivity index (χ0) is 10.6. The molecule has 0 bridgehead atoms. The van der Waals surface area contributed by atoms with Crippen molar-refractivity contribution in [3.63, 3.8) is 0 Å². The molecule has 0 fully saturated rings. The fourth-order valence-corrected chi connectivity index (χ4v) is 3.34. The van der Waals surface area contributed by atoms with E-state index in [0.29, 0.717) is 5.75 Å². The Morgan fingerprint density at radius 3 is 2.86 bits per heavy atom. The van der Waals surface area contributed by atoms with Crippen LogP contribution in [0.4, 0.5) is 5.69 Å². The quantitative estimate of drug-likeness (QED) is 0.831. The van der Waals surface area contributed by atoms with Gasteiger partial charge in [0.2, 0.25) is 0 Å². The first-order valence-electron chi connectivity index (χ1n) is 4.00. The Hall–Kier alpha value is -0.750. The number of pyridine rings is 1. The van der Waals surface area contributed by atoms with E-state index in [0.717, 1.165) is 0 Å². The van der Waals surface area contributed by atoms with Crippen molar-refractivity contribution >= 4 is 27.3 Å². The third-order valence-electron chi connectivity index (χ3n) is 1.65. The lowest BCUT2D eigenvalue weighted by Gasteiger charge is -2.04. The van der Waals surface area contributed by atoms with Crippen LogP contribution in [-0.2, 0) is 9.84 Å². The van der Waals surface area contributed by atoms with E-state index in [9.17, 15) is 8.42 Å². The third-order valence-corrected chi connectivity index (χ3v) is 4.19. The summed E-state index contributed by atoms with van der Waals surface area (Å²) in [4.78, 5) is 3.78. The number of sulfone groups is 1. The summed E-state index contributed by atoms with van der Waals surface area (Å²) in [6.07, 6.45) is 3.29. The highest BCUT2D eigenvalue weighted by Crippen LogP contribution is 2.16. The number of nitrogens with zero attached hydrogens (tertiary/aromatic N) is 1. The molecule has 2 N–H and O–H groups in total. The van der Waals surface area contributed by atoms with E-state index in [1.165, 1.54) is 18.0 Å². The monoisotopic (exact) mass is 232 g/mol. The van der Waals surface area contributed by atoms with Gasteiger partial charge in [-0.25, -0.2) is 13.4 Å². The minimum Gasteiger partial charge on any atom is -0.396 e. The predicted octanol–water partition coefficient (Wildman–Crippen LogP) is 0.801. The highest BCUT2D eigenvalue weighted by Gasteiger charge is 2.17. The van der Waals surface area contributed by atoms with Gasteiger partial charge in [-0.3, -0.25) is 0 Å². The van der Waals surface area contributed by atoms with Crippen molar-refractivity contribution in [1.82, 2.24) is 4.98 Å². The van der Waals surface area contributed by atoms with Crippen molar-refractivity contribution in [3.8, 4) is 0 Å². The van der Waals surface area contributed by atoms with Crippen LogP contribution in [0.5, 0.6) is 0 Å². The minimum absolute atomic E-state index is 0.00551.